The van der Waals surface area contributed by atoms with E-state index in [4.69, 9.17) is 23.7 Å². The molecule has 6 atom stereocenters. The maximum absolute atomic E-state index is 13.2. The van der Waals surface area contributed by atoms with E-state index in [-0.39, 0.29) is 25.9 Å². The number of rotatable bonds is 53. The zero-order valence-electron chi connectivity index (χ0n) is 49.8. The average Bonchev–Trinajstić information content (AvgIpc) is 3.47. The summed E-state index contributed by atoms with van der Waals surface area (Å²) in [6, 6.07) is 0. The third-order valence-corrected chi connectivity index (χ3v) is 13.9. The van der Waals surface area contributed by atoms with E-state index in [1.54, 1.807) is 0 Å². The second-order valence-electron chi connectivity index (χ2n) is 21.3. The number of allylic oxidation sites excluding steroid dienone is 14. The minimum atomic E-state index is -1.91. The molecule has 3 N–H and O–H groups in total. The predicted molar refractivity (Wildman–Crippen MR) is 321 cm³/mol. The first-order valence-corrected chi connectivity index (χ1v) is 31.6. The Kier molecular flexibility index (Phi) is 50.3. The van der Waals surface area contributed by atoms with Crippen molar-refractivity contribution in [2.24, 2.45) is 0 Å². The van der Waals surface area contributed by atoms with Crippen molar-refractivity contribution in [3.63, 3.8) is 0 Å². The number of aliphatic hydroxyl groups excluding tert-OH is 2. The van der Waals surface area contributed by atoms with Gasteiger partial charge in [0.2, 0.25) is 0 Å². The molecule has 1 aliphatic rings. The van der Waals surface area contributed by atoms with Gasteiger partial charge in [-0.1, -0.05) is 215 Å². The van der Waals surface area contributed by atoms with Crippen molar-refractivity contribution in [3.8, 4) is 0 Å². The number of unbranched alkanes of at least 4 members (excludes halogenated alkanes) is 25. The molecule has 0 amide bonds. The third kappa shape index (κ3) is 44.3. The molecule has 0 aromatic heterocycles. The van der Waals surface area contributed by atoms with Crippen LogP contribution in [0.25, 0.3) is 0 Å². The van der Waals surface area contributed by atoms with Gasteiger partial charge < -0.3 is 39.0 Å². The highest BCUT2D eigenvalue weighted by atomic mass is 16.7. The number of carbonyl (C=O) groups is 4. The van der Waals surface area contributed by atoms with Crippen molar-refractivity contribution in [2.75, 3.05) is 13.2 Å². The van der Waals surface area contributed by atoms with E-state index in [1.165, 1.54) is 57.8 Å². The Bertz CT molecular complexity index is 1700. The largest absolute Gasteiger partial charge is 0.479 e. The molecule has 0 aromatic carbocycles. The van der Waals surface area contributed by atoms with Gasteiger partial charge in [-0.05, 0) is 116 Å². The van der Waals surface area contributed by atoms with E-state index in [0.29, 0.717) is 19.3 Å². The normalized spacial score (nSPS) is 18.4. The van der Waals surface area contributed by atoms with Gasteiger partial charge in [0.05, 0.1) is 6.61 Å². The summed E-state index contributed by atoms with van der Waals surface area (Å²) in [7, 11) is 0. The Labute approximate surface area is 480 Å². The smallest absolute Gasteiger partial charge is 0.335 e. The second kappa shape index (κ2) is 54.5. The van der Waals surface area contributed by atoms with Gasteiger partial charge >= 0.3 is 23.9 Å². The fraction of sp³-hybridized carbons (Fsp3) is 0.731. The molecule has 452 valence electrons. The van der Waals surface area contributed by atoms with Gasteiger partial charge in [0.25, 0.3) is 0 Å². The highest BCUT2D eigenvalue weighted by Gasteiger charge is 2.50. The quantitative estimate of drug-likeness (QED) is 0.0228. The van der Waals surface area contributed by atoms with Crippen LogP contribution < -0.4 is 0 Å². The summed E-state index contributed by atoms with van der Waals surface area (Å²) in [6.45, 7) is 5.83. The number of ether oxygens (including phenoxy) is 5. The average molecular weight is 1110 g/mol. The van der Waals surface area contributed by atoms with Crippen LogP contribution in [-0.4, -0.2) is 89.2 Å². The summed E-state index contributed by atoms with van der Waals surface area (Å²) in [5.41, 5.74) is 0. The van der Waals surface area contributed by atoms with Crippen molar-refractivity contribution in [1.29, 1.82) is 0 Å². The van der Waals surface area contributed by atoms with Gasteiger partial charge in [0.15, 0.2) is 24.6 Å². The van der Waals surface area contributed by atoms with Crippen molar-refractivity contribution < 1.29 is 58.2 Å². The molecule has 1 aliphatic heterocycles. The molecule has 0 radical (unpaired) electrons. The van der Waals surface area contributed by atoms with Crippen LogP contribution in [0.15, 0.2) is 85.1 Å². The topological polar surface area (TPSA) is 175 Å². The molecule has 79 heavy (non-hydrogen) atoms. The minimum Gasteiger partial charge on any atom is -0.479 e. The van der Waals surface area contributed by atoms with Crippen LogP contribution in [0.3, 0.4) is 0 Å². The fourth-order valence-corrected chi connectivity index (χ4v) is 9.09. The summed E-state index contributed by atoms with van der Waals surface area (Å²) in [5, 5.41) is 31.6. The second-order valence-corrected chi connectivity index (χ2v) is 21.3. The molecule has 6 unspecified atom stereocenters. The Hall–Kier alpha value is -4.10. The SMILES string of the molecule is CC/C=C\C/C=C\C/C=C\CCCCCCCCCC(=O)OCC(COC1OC(C(=O)O)C(O)C(O)C1OC(=O)CCCCCCCC/C=C\C/C=C\C/C=C\CCCCC)OC(=O)CCCCCCC/C=C\CCCCCC. The van der Waals surface area contributed by atoms with Crippen molar-refractivity contribution in [1.82, 2.24) is 0 Å². The minimum absolute atomic E-state index is 0.0416. The monoisotopic (exact) mass is 1110 g/mol. The lowest BCUT2D eigenvalue weighted by atomic mass is 9.98. The molecule has 0 aromatic rings. The zero-order chi connectivity index (χ0) is 57.5. The molecule has 12 heteroatoms. The van der Waals surface area contributed by atoms with Crippen LogP contribution in [-0.2, 0) is 42.9 Å². The van der Waals surface area contributed by atoms with Crippen LogP contribution in [0.5, 0.6) is 0 Å². The molecule has 0 aliphatic carbocycles. The van der Waals surface area contributed by atoms with E-state index < -0.39 is 67.3 Å². The van der Waals surface area contributed by atoms with E-state index in [0.717, 1.165) is 148 Å². The number of hydrogen-bond donors (Lipinski definition) is 3. The molecular formula is C67H112O12. The third-order valence-electron chi connectivity index (χ3n) is 13.9. The van der Waals surface area contributed by atoms with E-state index in [2.05, 4.69) is 106 Å². The van der Waals surface area contributed by atoms with Gasteiger partial charge in [-0.15, -0.1) is 0 Å². The maximum atomic E-state index is 13.2. The Morgan fingerprint density at radius 3 is 1.25 bits per heavy atom. The zero-order valence-corrected chi connectivity index (χ0v) is 49.8. The van der Waals surface area contributed by atoms with E-state index >= 15 is 0 Å². The first-order valence-electron chi connectivity index (χ1n) is 31.6. The molecule has 0 bridgehead atoms. The maximum Gasteiger partial charge on any atom is 0.335 e. The van der Waals surface area contributed by atoms with Crippen molar-refractivity contribution in [3.05, 3.63) is 85.1 Å². The van der Waals surface area contributed by atoms with Gasteiger partial charge in [-0.2, -0.15) is 0 Å². The number of esters is 3. The first kappa shape index (κ1) is 72.9. The van der Waals surface area contributed by atoms with E-state index in [9.17, 15) is 34.5 Å². The lowest BCUT2D eigenvalue weighted by Gasteiger charge is -2.40. The number of carboxylic acids is 1. The van der Waals surface area contributed by atoms with Crippen LogP contribution in [0.1, 0.15) is 265 Å². The molecule has 1 saturated heterocycles. The van der Waals surface area contributed by atoms with Gasteiger partial charge in [0.1, 0.15) is 18.8 Å². The number of carboxylic acid groups (broad SMARTS) is 1. The summed E-state index contributed by atoms with van der Waals surface area (Å²) in [4.78, 5) is 51.2. The van der Waals surface area contributed by atoms with Gasteiger partial charge in [0, 0.05) is 19.3 Å². The highest BCUT2D eigenvalue weighted by molar-refractivity contribution is 5.74. The molecule has 1 fully saturated rings. The lowest BCUT2D eigenvalue weighted by Crippen LogP contribution is -2.61. The molecular weight excluding hydrogens is 997 g/mol. The van der Waals surface area contributed by atoms with Crippen LogP contribution in [0.4, 0.5) is 0 Å². The first-order chi connectivity index (χ1) is 38.6. The van der Waals surface area contributed by atoms with Crippen LogP contribution >= 0.6 is 0 Å². The highest BCUT2D eigenvalue weighted by Crippen LogP contribution is 2.26. The van der Waals surface area contributed by atoms with Crippen molar-refractivity contribution >= 4 is 23.9 Å². The number of aliphatic hydroxyl groups is 2. The fourth-order valence-electron chi connectivity index (χ4n) is 9.09. The molecule has 0 saturated carbocycles. The van der Waals surface area contributed by atoms with Crippen molar-refractivity contribution in [2.45, 2.75) is 302 Å². The summed E-state index contributed by atoms with van der Waals surface area (Å²) in [6.07, 6.45) is 58.2. The van der Waals surface area contributed by atoms with E-state index in [1.807, 2.05) is 0 Å². The summed E-state index contributed by atoms with van der Waals surface area (Å²) < 4.78 is 28.5. The summed E-state index contributed by atoms with van der Waals surface area (Å²) in [5.74, 6) is -3.16. The Balaban J connectivity index is 2.67. The Morgan fingerprint density at radius 1 is 0.430 bits per heavy atom. The van der Waals surface area contributed by atoms with Gasteiger partial charge in [-0.3, -0.25) is 14.4 Å². The molecule has 12 nitrogen and oxygen atoms in total. The molecule has 0 spiro atoms. The van der Waals surface area contributed by atoms with Gasteiger partial charge in [-0.25, -0.2) is 4.79 Å². The lowest BCUT2D eigenvalue weighted by molar-refractivity contribution is -0.301. The standard InChI is InChI=1S/C67H112O12/c1-4-7-10-13-16-19-22-25-27-29-30-32-34-37-40-43-46-49-52-55-61(70)78-65-63(72)62(71)64(66(73)74)79-67(65)76-57-58(77-60(69)54-51-48-45-42-39-35-24-21-18-15-12-9-6-3)56-75-59(68)53-50-47-44-41-38-36-33-31-28-26-23-20-17-14-11-8-5-2/h8,11,16-17,19-21,24-28,30,32,58,62-65,67,71-72H,4-7,9-10,12-15,18,22-23,29,31,33-57H2,1-3H3,(H,73,74)/b11-8-,19-16-,20-17-,24-21-,27-25-,28-26-,32-30-. The predicted octanol–water partition coefficient (Wildman–Crippen LogP) is 16.7. The molecule has 1 rings (SSSR count). The van der Waals surface area contributed by atoms with Crippen LogP contribution in [0, 0.1) is 0 Å². The van der Waals surface area contributed by atoms with Crippen LogP contribution in [0.2, 0.25) is 0 Å². The number of aliphatic carboxylic acids is 1. The number of carbonyl (C=O) groups excluding carboxylic acids is 3. The number of hydrogen-bond acceptors (Lipinski definition) is 11. The molecule has 1 heterocycles. The Morgan fingerprint density at radius 2 is 0.797 bits per heavy atom. The summed E-state index contributed by atoms with van der Waals surface area (Å²) >= 11 is 0.